The molecule has 5 N–H and O–H groups in total. The number of ether oxygens (including phenoxy) is 2. The summed E-state index contributed by atoms with van der Waals surface area (Å²) in [6.45, 7) is 0.616. The number of aromatic carboxylic acids is 1. The normalized spacial score (nSPS) is 29.8. The molecule has 1 aliphatic rings. The number of rotatable bonds is 5. The summed E-state index contributed by atoms with van der Waals surface area (Å²) in [6, 6.07) is 4.62. The number of nitrogens with one attached hydrogen (secondary N) is 1. The van der Waals surface area contributed by atoms with Gasteiger partial charge in [0.1, 0.15) is 35.7 Å². The molecule has 1 saturated heterocycles. The first-order valence-electron chi connectivity index (χ1n) is 7.23. The SMILES string of the molecule is CC(=O)N[C@@H]1[C@@H](Oc2ccccc2C(=O)O)O[C@@H](CO)[C@@H](O)[C@H]1O. The molecule has 9 heteroatoms. The Morgan fingerprint density at radius 3 is 2.50 bits per heavy atom. The molecule has 0 radical (unpaired) electrons. The van der Waals surface area contributed by atoms with E-state index in [0.29, 0.717) is 0 Å². The van der Waals surface area contributed by atoms with Crippen molar-refractivity contribution in [1.29, 1.82) is 0 Å². The number of benzene rings is 1. The van der Waals surface area contributed by atoms with Gasteiger partial charge in [-0.15, -0.1) is 0 Å². The minimum Gasteiger partial charge on any atom is -0.478 e. The van der Waals surface area contributed by atoms with Crippen molar-refractivity contribution < 1.29 is 39.5 Å². The maximum Gasteiger partial charge on any atom is 0.339 e. The van der Waals surface area contributed by atoms with Gasteiger partial charge in [0.2, 0.25) is 12.2 Å². The number of carboxylic acids is 1. The highest BCUT2D eigenvalue weighted by Crippen LogP contribution is 2.26. The second kappa shape index (κ2) is 7.58. The molecule has 132 valence electrons. The highest BCUT2D eigenvalue weighted by molar-refractivity contribution is 5.90. The number of aliphatic hydroxyl groups excluding tert-OH is 3. The van der Waals surface area contributed by atoms with E-state index in [9.17, 15) is 30.0 Å². The fraction of sp³-hybridized carbons (Fsp3) is 0.467. The third-order valence-electron chi connectivity index (χ3n) is 3.61. The minimum absolute atomic E-state index is 0.0365. The number of hydrogen-bond donors (Lipinski definition) is 5. The van der Waals surface area contributed by atoms with Gasteiger partial charge in [-0.3, -0.25) is 4.79 Å². The Morgan fingerprint density at radius 2 is 1.92 bits per heavy atom. The van der Waals surface area contributed by atoms with Gasteiger partial charge in [0, 0.05) is 6.92 Å². The first kappa shape index (κ1) is 18.1. The maximum absolute atomic E-state index is 11.3. The molecule has 24 heavy (non-hydrogen) atoms. The number of carbonyl (C=O) groups excluding carboxylic acids is 1. The van der Waals surface area contributed by atoms with Crippen molar-refractivity contribution in [1.82, 2.24) is 5.32 Å². The van der Waals surface area contributed by atoms with Crippen LogP contribution in [0.15, 0.2) is 24.3 Å². The van der Waals surface area contributed by atoms with Crippen LogP contribution in [-0.4, -0.2) is 69.6 Å². The number of aliphatic hydroxyl groups is 3. The molecule has 1 aromatic carbocycles. The summed E-state index contributed by atoms with van der Waals surface area (Å²) in [4.78, 5) is 22.6. The fourth-order valence-corrected chi connectivity index (χ4v) is 2.44. The Balaban J connectivity index is 2.30. The van der Waals surface area contributed by atoms with E-state index in [1.165, 1.54) is 25.1 Å². The van der Waals surface area contributed by atoms with Crippen LogP contribution < -0.4 is 10.1 Å². The largest absolute Gasteiger partial charge is 0.478 e. The van der Waals surface area contributed by atoms with Crippen molar-refractivity contribution >= 4 is 11.9 Å². The predicted octanol–water partition coefficient (Wildman–Crippen LogP) is -1.29. The number of carbonyl (C=O) groups is 2. The maximum atomic E-state index is 11.3. The van der Waals surface area contributed by atoms with E-state index in [-0.39, 0.29) is 11.3 Å². The van der Waals surface area contributed by atoms with Crippen LogP contribution >= 0.6 is 0 Å². The molecule has 0 bridgehead atoms. The molecule has 0 spiro atoms. The Labute approximate surface area is 137 Å². The van der Waals surface area contributed by atoms with Crippen LogP contribution in [0.2, 0.25) is 0 Å². The lowest BCUT2D eigenvalue weighted by atomic mass is 9.97. The average molecular weight is 341 g/mol. The second-order valence-corrected chi connectivity index (χ2v) is 5.35. The summed E-state index contributed by atoms with van der Waals surface area (Å²) in [5, 5.41) is 40.9. The zero-order chi connectivity index (χ0) is 17.9. The Morgan fingerprint density at radius 1 is 1.25 bits per heavy atom. The summed E-state index contributed by atoms with van der Waals surface area (Å²) in [6.07, 6.45) is -5.36. The lowest BCUT2D eigenvalue weighted by molar-refractivity contribution is -0.244. The van der Waals surface area contributed by atoms with E-state index >= 15 is 0 Å². The van der Waals surface area contributed by atoms with E-state index in [1.54, 1.807) is 6.07 Å². The van der Waals surface area contributed by atoms with Crippen LogP contribution in [0.1, 0.15) is 17.3 Å². The molecule has 9 nitrogen and oxygen atoms in total. The van der Waals surface area contributed by atoms with Gasteiger partial charge in [-0.25, -0.2) is 4.79 Å². The van der Waals surface area contributed by atoms with Crippen LogP contribution in [-0.2, 0) is 9.53 Å². The van der Waals surface area contributed by atoms with Crippen molar-refractivity contribution in [3.05, 3.63) is 29.8 Å². The third-order valence-corrected chi connectivity index (χ3v) is 3.61. The van der Waals surface area contributed by atoms with Gasteiger partial charge in [-0.2, -0.15) is 0 Å². The first-order chi connectivity index (χ1) is 11.3. The van der Waals surface area contributed by atoms with Crippen molar-refractivity contribution in [2.75, 3.05) is 6.61 Å². The molecule has 0 aliphatic carbocycles. The Hall–Kier alpha value is -2.20. The number of para-hydroxylation sites is 1. The Kier molecular flexibility index (Phi) is 5.73. The minimum atomic E-state index is -1.47. The summed E-state index contributed by atoms with van der Waals surface area (Å²) in [7, 11) is 0. The molecular weight excluding hydrogens is 322 g/mol. The lowest BCUT2D eigenvalue weighted by Gasteiger charge is -2.42. The zero-order valence-electron chi connectivity index (χ0n) is 12.8. The van der Waals surface area contributed by atoms with Crippen LogP contribution in [0.3, 0.4) is 0 Å². The molecule has 0 unspecified atom stereocenters. The fourth-order valence-electron chi connectivity index (χ4n) is 2.44. The van der Waals surface area contributed by atoms with Gasteiger partial charge in [-0.05, 0) is 12.1 Å². The van der Waals surface area contributed by atoms with Gasteiger partial charge >= 0.3 is 5.97 Å². The van der Waals surface area contributed by atoms with E-state index in [2.05, 4.69) is 5.32 Å². The summed E-state index contributed by atoms with van der Waals surface area (Å²) in [5.74, 6) is -1.76. The molecule has 1 heterocycles. The number of carboxylic acid groups (broad SMARTS) is 1. The van der Waals surface area contributed by atoms with E-state index in [0.717, 1.165) is 0 Å². The highest BCUT2D eigenvalue weighted by atomic mass is 16.7. The van der Waals surface area contributed by atoms with Gasteiger partial charge in [-0.1, -0.05) is 12.1 Å². The summed E-state index contributed by atoms with van der Waals surface area (Å²) in [5.41, 5.74) is -0.135. The highest BCUT2D eigenvalue weighted by Gasteiger charge is 2.46. The molecule has 1 aliphatic heterocycles. The van der Waals surface area contributed by atoms with Crippen molar-refractivity contribution in [2.45, 2.75) is 37.6 Å². The standard InChI is InChI=1S/C15H19NO8/c1-7(18)16-11-13(20)12(19)10(6-17)24-15(11)23-9-5-3-2-4-8(9)14(21)22/h2-5,10-13,15,17,19-20H,6H2,1H3,(H,16,18)(H,21,22)/t10-,11-,12+,13-,15-/m0/s1. The van der Waals surface area contributed by atoms with Crippen LogP contribution in [0.5, 0.6) is 5.75 Å². The van der Waals surface area contributed by atoms with Crippen LogP contribution in [0.4, 0.5) is 0 Å². The molecule has 2 rings (SSSR count). The smallest absolute Gasteiger partial charge is 0.339 e. The zero-order valence-corrected chi connectivity index (χ0v) is 12.8. The van der Waals surface area contributed by atoms with Crippen LogP contribution in [0.25, 0.3) is 0 Å². The van der Waals surface area contributed by atoms with Crippen molar-refractivity contribution in [2.24, 2.45) is 0 Å². The predicted molar refractivity (Wildman–Crippen MR) is 79.4 cm³/mol. The number of amides is 1. The first-order valence-corrected chi connectivity index (χ1v) is 7.23. The van der Waals surface area contributed by atoms with Crippen molar-refractivity contribution in [3.63, 3.8) is 0 Å². The van der Waals surface area contributed by atoms with Crippen LogP contribution in [0, 0.1) is 0 Å². The Bertz CT molecular complexity index is 607. The van der Waals surface area contributed by atoms with Crippen molar-refractivity contribution in [3.8, 4) is 5.75 Å². The van der Waals surface area contributed by atoms with Gasteiger partial charge in [0.25, 0.3) is 0 Å². The molecule has 1 amide bonds. The van der Waals surface area contributed by atoms with E-state index in [4.69, 9.17) is 9.47 Å². The molecule has 5 atom stereocenters. The molecule has 0 saturated carbocycles. The average Bonchev–Trinajstić information content (AvgIpc) is 2.54. The lowest BCUT2D eigenvalue weighted by Crippen LogP contribution is -2.65. The quantitative estimate of drug-likeness (QED) is 0.445. The van der Waals surface area contributed by atoms with Gasteiger partial charge in [0.05, 0.1) is 6.61 Å². The molecule has 0 aromatic heterocycles. The monoisotopic (exact) mass is 341 g/mol. The van der Waals surface area contributed by atoms with E-state index in [1.807, 2.05) is 0 Å². The second-order valence-electron chi connectivity index (χ2n) is 5.35. The van der Waals surface area contributed by atoms with E-state index < -0.39 is 49.1 Å². The molecule has 1 fully saturated rings. The molecular formula is C15H19NO8. The topological polar surface area (TPSA) is 146 Å². The third kappa shape index (κ3) is 3.82. The summed E-state index contributed by atoms with van der Waals surface area (Å²) < 4.78 is 10.9. The van der Waals surface area contributed by atoms with Gasteiger partial charge < -0.3 is 35.2 Å². The molecule has 1 aromatic rings. The van der Waals surface area contributed by atoms with Gasteiger partial charge in [0.15, 0.2) is 0 Å². The summed E-state index contributed by atoms with van der Waals surface area (Å²) >= 11 is 0. The number of hydrogen-bond acceptors (Lipinski definition) is 7.